The van der Waals surface area contributed by atoms with E-state index in [4.69, 9.17) is 0 Å². The van der Waals surface area contributed by atoms with Gasteiger partial charge in [0.05, 0.1) is 22.1 Å². The number of hydrogen-bond acceptors (Lipinski definition) is 6. The summed E-state index contributed by atoms with van der Waals surface area (Å²) in [6, 6.07) is 16.0. The van der Waals surface area contributed by atoms with Gasteiger partial charge in [-0.3, -0.25) is 24.6 Å². The Kier molecular flexibility index (Phi) is 5.99. The van der Waals surface area contributed by atoms with Crippen molar-refractivity contribution in [1.29, 1.82) is 0 Å². The van der Waals surface area contributed by atoms with Crippen LogP contribution in [0.25, 0.3) is 5.76 Å². The van der Waals surface area contributed by atoms with Crippen molar-refractivity contribution in [2.45, 2.75) is 6.04 Å². The third-order valence-corrected chi connectivity index (χ3v) is 5.88. The second kappa shape index (κ2) is 8.91. The first-order chi connectivity index (χ1) is 16.2. The number of aliphatic hydroxyl groups is 1. The normalized spacial score (nSPS) is 17.1. The number of halogens is 1. The highest BCUT2D eigenvalue weighted by Crippen LogP contribution is 2.42. The molecule has 1 fully saturated rings. The number of hydrogen-bond donors (Lipinski definition) is 2. The lowest BCUT2D eigenvalue weighted by atomic mass is 9.95. The van der Waals surface area contributed by atoms with Gasteiger partial charge in [-0.05, 0) is 48.0 Å². The fourth-order valence-electron chi connectivity index (χ4n) is 3.74. The number of benzene rings is 3. The fraction of sp³-hybridized carbons (Fsp3) is 0.0417. The lowest BCUT2D eigenvalue weighted by molar-refractivity contribution is -0.384. The summed E-state index contributed by atoms with van der Waals surface area (Å²) >= 11 is 3.30. The summed E-state index contributed by atoms with van der Waals surface area (Å²) in [6.07, 6.45) is 0. The first kappa shape index (κ1) is 22.9. The molecule has 1 aliphatic heterocycles. The number of amides is 1. The molecule has 0 aliphatic carbocycles. The highest BCUT2D eigenvalue weighted by Gasteiger charge is 2.47. The summed E-state index contributed by atoms with van der Waals surface area (Å²) in [4.78, 5) is 49.3. The third kappa shape index (κ3) is 4.06. The van der Waals surface area contributed by atoms with E-state index in [1.165, 1.54) is 48.5 Å². The number of carbonyl (C=O) groups excluding carboxylic acids is 2. The zero-order valence-electron chi connectivity index (χ0n) is 17.2. The molecule has 3 aromatic carbocycles. The van der Waals surface area contributed by atoms with E-state index in [-0.39, 0.29) is 28.1 Å². The van der Waals surface area contributed by atoms with Gasteiger partial charge in [0, 0.05) is 27.9 Å². The minimum Gasteiger partial charge on any atom is -0.507 e. The number of anilines is 1. The minimum atomic E-state index is -1.22. The Labute approximate surface area is 200 Å². The number of aliphatic hydroxyl groups excluding tert-OH is 1. The average Bonchev–Trinajstić information content (AvgIpc) is 3.09. The standard InChI is InChI=1S/C24H15BrN2O7/c25-16-8-4-14(5-9-16)21(28)19-20(13-6-10-17(11-7-13)27(33)34)26(23(30)22(19)29)18-3-1-2-15(12-18)24(31)32/h1-12,20,28H,(H,31,32). The molecule has 1 atom stereocenters. The van der Waals surface area contributed by atoms with Crippen molar-refractivity contribution in [2.24, 2.45) is 0 Å². The monoisotopic (exact) mass is 522 g/mol. The van der Waals surface area contributed by atoms with Gasteiger partial charge in [-0.15, -0.1) is 0 Å². The lowest BCUT2D eigenvalue weighted by Crippen LogP contribution is -2.29. The number of Topliss-reactive ketones (excluding diaryl/α,β-unsaturated/α-hetero) is 1. The minimum absolute atomic E-state index is 0.102. The first-order valence-corrected chi connectivity index (χ1v) is 10.6. The number of aromatic carboxylic acids is 1. The molecule has 0 saturated carbocycles. The number of ketones is 1. The Bertz CT molecular complexity index is 1360. The number of carboxylic acid groups (broad SMARTS) is 1. The molecule has 1 unspecified atom stereocenters. The van der Waals surface area contributed by atoms with Gasteiger partial charge in [-0.2, -0.15) is 0 Å². The highest BCUT2D eigenvalue weighted by atomic mass is 79.9. The van der Waals surface area contributed by atoms with Crippen LogP contribution in [0, 0.1) is 10.1 Å². The molecule has 1 amide bonds. The molecule has 1 saturated heterocycles. The molecule has 0 bridgehead atoms. The van der Waals surface area contributed by atoms with E-state index in [1.807, 2.05) is 0 Å². The summed E-state index contributed by atoms with van der Waals surface area (Å²) < 4.78 is 0.738. The molecule has 10 heteroatoms. The predicted octanol–water partition coefficient (Wildman–Crippen LogP) is 4.68. The number of nitro benzene ring substituents is 1. The first-order valence-electron chi connectivity index (χ1n) is 9.83. The summed E-state index contributed by atoms with van der Waals surface area (Å²) in [6.45, 7) is 0. The molecule has 3 aromatic rings. The van der Waals surface area contributed by atoms with Crippen molar-refractivity contribution < 1.29 is 29.5 Å². The molecule has 0 spiro atoms. The third-order valence-electron chi connectivity index (χ3n) is 5.35. The van der Waals surface area contributed by atoms with Crippen molar-refractivity contribution in [2.75, 3.05) is 4.90 Å². The van der Waals surface area contributed by atoms with E-state index in [0.29, 0.717) is 5.56 Å². The predicted molar refractivity (Wildman–Crippen MR) is 125 cm³/mol. The summed E-state index contributed by atoms with van der Waals surface area (Å²) in [5.74, 6) is -3.58. The quantitative estimate of drug-likeness (QED) is 0.163. The highest BCUT2D eigenvalue weighted by molar-refractivity contribution is 9.10. The summed E-state index contributed by atoms with van der Waals surface area (Å²) in [5.41, 5.74) is 0.218. The van der Waals surface area contributed by atoms with Crippen molar-refractivity contribution in [1.82, 2.24) is 0 Å². The maximum atomic E-state index is 13.1. The Balaban J connectivity index is 1.94. The van der Waals surface area contributed by atoms with Crippen LogP contribution in [0.4, 0.5) is 11.4 Å². The van der Waals surface area contributed by atoms with Crippen LogP contribution in [0.15, 0.2) is 82.8 Å². The van der Waals surface area contributed by atoms with Crippen LogP contribution < -0.4 is 4.90 Å². The van der Waals surface area contributed by atoms with E-state index < -0.39 is 34.4 Å². The van der Waals surface area contributed by atoms with E-state index >= 15 is 0 Å². The Morgan fingerprint density at radius 2 is 1.59 bits per heavy atom. The van der Waals surface area contributed by atoms with E-state index in [0.717, 1.165) is 9.37 Å². The van der Waals surface area contributed by atoms with E-state index in [1.54, 1.807) is 24.3 Å². The molecule has 34 heavy (non-hydrogen) atoms. The molecule has 1 heterocycles. The van der Waals surface area contributed by atoms with Crippen LogP contribution in [0.5, 0.6) is 0 Å². The zero-order valence-corrected chi connectivity index (χ0v) is 18.8. The van der Waals surface area contributed by atoms with Crippen molar-refractivity contribution >= 4 is 50.7 Å². The molecule has 9 nitrogen and oxygen atoms in total. The molecular formula is C24H15BrN2O7. The van der Waals surface area contributed by atoms with Gasteiger partial charge in [0.25, 0.3) is 17.4 Å². The van der Waals surface area contributed by atoms with Gasteiger partial charge in [-0.1, -0.05) is 34.1 Å². The smallest absolute Gasteiger partial charge is 0.335 e. The topological polar surface area (TPSA) is 138 Å². The summed E-state index contributed by atoms with van der Waals surface area (Å²) in [5, 5.41) is 31.5. The van der Waals surface area contributed by atoms with E-state index in [9.17, 15) is 34.7 Å². The molecule has 170 valence electrons. The van der Waals surface area contributed by atoms with Gasteiger partial charge in [0.15, 0.2) is 0 Å². The molecular weight excluding hydrogens is 508 g/mol. The van der Waals surface area contributed by atoms with Crippen LogP contribution in [0.1, 0.15) is 27.5 Å². The SMILES string of the molecule is O=C1C(=O)N(c2cccc(C(=O)O)c2)C(c2ccc([N+](=O)[O-])cc2)C1=C(O)c1ccc(Br)cc1. The van der Waals surface area contributed by atoms with Gasteiger partial charge in [-0.25, -0.2) is 4.79 Å². The maximum absolute atomic E-state index is 13.1. The number of rotatable bonds is 5. The molecule has 2 N–H and O–H groups in total. The van der Waals surface area contributed by atoms with Crippen molar-refractivity contribution in [3.8, 4) is 0 Å². The second-order valence-electron chi connectivity index (χ2n) is 7.38. The number of nitrogens with zero attached hydrogens (tertiary/aromatic N) is 2. The van der Waals surface area contributed by atoms with Crippen LogP contribution in [-0.2, 0) is 9.59 Å². The number of non-ortho nitro benzene ring substituents is 1. The van der Waals surface area contributed by atoms with Gasteiger partial charge < -0.3 is 10.2 Å². The second-order valence-corrected chi connectivity index (χ2v) is 8.30. The van der Waals surface area contributed by atoms with Crippen molar-refractivity contribution in [3.63, 3.8) is 0 Å². The van der Waals surface area contributed by atoms with Crippen molar-refractivity contribution in [3.05, 3.63) is 110 Å². The van der Waals surface area contributed by atoms with Gasteiger partial charge in [0.1, 0.15) is 5.76 Å². The van der Waals surface area contributed by atoms with E-state index in [2.05, 4.69) is 15.9 Å². The number of nitro groups is 1. The number of carboxylic acids is 1. The Hall–Kier alpha value is -4.31. The largest absolute Gasteiger partial charge is 0.507 e. The Morgan fingerprint density at radius 1 is 0.941 bits per heavy atom. The summed E-state index contributed by atoms with van der Waals surface area (Å²) in [7, 11) is 0. The maximum Gasteiger partial charge on any atom is 0.335 e. The molecule has 0 aromatic heterocycles. The van der Waals surface area contributed by atoms with Crippen LogP contribution in [0.3, 0.4) is 0 Å². The molecule has 1 aliphatic rings. The number of carbonyl (C=O) groups is 3. The fourth-order valence-corrected chi connectivity index (χ4v) is 4.01. The lowest BCUT2D eigenvalue weighted by Gasteiger charge is -2.25. The van der Waals surface area contributed by atoms with Gasteiger partial charge >= 0.3 is 5.97 Å². The van der Waals surface area contributed by atoms with Crippen LogP contribution in [0.2, 0.25) is 0 Å². The van der Waals surface area contributed by atoms with Crippen LogP contribution in [-0.4, -0.2) is 32.8 Å². The van der Waals surface area contributed by atoms with Crippen LogP contribution >= 0.6 is 15.9 Å². The molecule has 4 rings (SSSR count). The Morgan fingerprint density at radius 3 is 2.18 bits per heavy atom. The average molecular weight is 523 g/mol. The molecule has 0 radical (unpaired) electrons. The van der Waals surface area contributed by atoms with Gasteiger partial charge in [0.2, 0.25) is 0 Å². The zero-order chi connectivity index (χ0) is 24.6.